The molecule has 2 heterocycles. The average molecular weight is 370 g/mol. The van der Waals surface area contributed by atoms with Gasteiger partial charge in [-0.2, -0.15) is 0 Å². The number of esters is 1. The molecule has 1 N–H and O–H groups in total. The van der Waals surface area contributed by atoms with E-state index in [1.807, 2.05) is 6.92 Å². The predicted octanol–water partition coefficient (Wildman–Crippen LogP) is 2.18. The molecule has 1 aromatic carbocycles. The van der Waals surface area contributed by atoms with Crippen molar-refractivity contribution >= 4 is 23.5 Å². The number of ether oxygens (including phenoxy) is 2. The summed E-state index contributed by atoms with van der Waals surface area (Å²) in [6.07, 6.45) is 0. The summed E-state index contributed by atoms with van der Waals surface area (Å²) >= 11 is 0. The fraction of sp³-hybridized carbons (Fsp3) is 0.368. The molecular weight excluding hydrogens is 348 g/mol. The van der Waals surface area contributed by atoms with Gasteiger partial charge in [0.1, 0.15) is 5.69 Å². The molecule has 1 aromatic heterocycles. The van der Waals surface area contributed by atoms with Crippen LogP contribution >= 0.6 is 0 Å². The Labute approximate surface area is 157 Å². The lowest BCUT2D eigenvalue weighted by Gasteiger charge is -2.26. The van der Waals surface area contributed by atoms with Crippen molar-refractivity contribution in [3.05, 3.63) is 47.3 Å². The van der Waals surface area contributed by atoms with Gasteiger partial charge in [-0.15, -0.1) is 0 Å². The third-order valence-electron chi connectivity index (χ3n) is 4.02. The van der Waals surface area contributed by atoms with Crippen LogP contribution in [0.2, 0.25) is 0 Å². The molecule has 1 aliphatic rings. The van der Waals surface area contributed by atoms with Crippen LogP contribution in [0.15, 0.2) is 30.3 Å². The molecule has 1 fully saturated rings. The summed E-state index contributed by atoms with van der Waals surface area (Å²) in [5, 5.41) is 3.07. The van der Waals surface area contributed by atoms with Crippen molar-refractivity contribution in [2.24, 2.45) is 0 Å². The lowest BCUT2D eigenvalue weighted by atomic mass is 10.2. The van der Waals surface area contributed by atoms with Crippen molar-refractivity contribution in [3.63, 3.8) is 0 Å². The normalized spacial score (nSPS) is 13.9. The summed E-state index contributed by atoms with van der Waals surface area (Å²) in [6.45, 7) is 6.09. The summed E-state index contributed by atoms with van der Waals surface area (Å²) in [7, 11) is 0. The van der Waals surface area contributed by atoms with Gasteiger partial charge in [-0.25, -0.2) is 14.8 Å². The van der Waals surface area contributed by atoms with Crippen LogP contribution in [0.25, 0.3) is 0 Å². The molecule has 1 saturated heterocycles. The number of carbonyl (C=O) groups is 2. The Morgan fingerprint density at radius 3 is 2.56 bits per heavy atom. The Bertz CT molecular complexity index is 817. The van der Waals surface area contributed by atoms with E-state index in [9.17, 15) is 9.59 Å². The monoisotopic (exact) mass is 370 g/mol. The third-order valence-corrected chi connectivity index (χ3v) is 4.02. The molecule has 0 saturated carbocycles. The number of anilines is 2. The molecule has 0 radical (unpaired) electrons. The van der Waals surface area contributed by atoms with Crippen LogP contribution < -0.4 is 5.32 Å². The average Bonchev–Trinajstić information content (AvgIpc) is 2.68. The van der Waals surface area contributed by atoms with Crippen LogP contribution in [0.5, 0.6) is 0 Å². The van der Waals surface area contributed by atoms with E-state index in [2.05, 4.69) is 15.3 Å². The molecular formula is C19H22N4O4. The number of benzene rings is 1. The van der Waals surface area contributed by atoms with E-state index in [1.165, 1.54) is 0 Å². The van der Waals surface area contributed by atoms with Gasteiger partial charge in [-0.05, 0) is 44.2 Å². The number of nitrogens with one attached hydrogen (secondary N) is 1. The number of hydrogen-bond donors (Lipinski definition) is 1. The highest BCUT2D eigenvalue weighted by atomic mass is 16.5. The van der Waals surface area contributed by atoms with Gasteiger partial charge in [0.05, 0.1) is 25.4 Å². The van der Waals surface area contributed by atoms with Crippen LogP contribution in [0.4, 0.5) is 11.6 Å². The number of morpholine rings is 1. The first-order valence-corrected chi connectivity index (χ1v) is 8.83. The van der Waals surface area contributed by atoms with Crippen molar-refractivity contribution in [3.8, 4) is 0 Å². The molecule has 3 rings (SSSR count). The molecule has 1 aliphatic heterocycles. The van der Waals surface area contributed by atoms with Crippen LogP contribution in [-0.4, -0.2) is 59.7 Å². The second-order valence-electron chi connectivity index (χ2n) is 6.05. The fourth-order valence-electron chi connectivity index (χ4n) is 2.70. The topological polar surface area (TPSA) is 93.6 Å². The van der Waals surface area contributed by atoms with Gasteiger partial charge in [0.15, 0.2) is 0 Å². The minimum atomic E-state index is -0.366. The molecule has 142 valence electrons. The van der Waals surface area contributed by atoms with Gasteiger partial charge in [0, 0.05) is 24.5 Å². The third kappa shape index (κ3) is 4.79. The molecule has 8 nitrogen and oxygen atoms in total. The van der Waals surface area contributed by atoms with Gasteiger partial charge in [-0.1, -0.05) is 0 Å². The van der Waals surface area contributed by atoms with E-state index < -0.39 is 0 Å². The Morgan fingerprint density at radius 2 is 1.89 bits per heavy atom. The highest BCUT2D eigenvalue weighted by molar-refractivity contribution is 5.93. The number of carbonyl (C=O) groups excluding carboxylic acids is 2. The summed E-state index contributed by atoms with van der Waals surface area (Å²) < 4.78 is 10.2. The number of aryl methyl sites for hydroxylation is 1. The largest absolute Gasteiger partial charge is 0.462 e. The smallest absolute Gasteiger partial charge is 0.338 e. The minimum absolute atomic E-state index is 0.135. The summed E-state index contributed by atoms with van der Waals surface area (Å²) in [5.74, 6) is -0.172. The van der Waals surface area contributed by atoms with E-state index in [0.717, 1.165) is 0 Å². The van der Waals surface area contributed by atoms with Crippen LogP contribution in [0, 0.1) is 6.92 Å². The van der Waals surface area contributed by atoms with Gasteiger partial charge in [-0.3, -0.25) is 4.79 Å². The lowest BCUT2D eigenvalue weighted by Crippen LogP contribution is -2.41. The molecule has 0 spiro atoms. The van der Waals surface area contributed by atoms with Crippen LogP contribution in [0.3, 0.4) is 0 Å². The Balaban J connectivity index is 1.74. The quantitative estimate of drug-likeness (QED) is 0.806. The van der Waals surface area contributed by atoms with Gasteiger partial charge >= 0.3 is 5.97 Å². The molecule has 0 atom stereocenters. The first kappa shape index (κ1) is 18.8. The first-order valence-electron chi connectivity index (χ1n) is 8.83. The van der Waals surface area contributed by atoms with Crippen LogP contribution in [-0.2, 0) is 9.47 Å². The van der Waals surface area contributed by atoms with Gasteiger partial charge in [0.2, 0.25) is 5.95 Å². The van der Waals surface area contributed by atoms with Crippen molar-refractivity contribution in [2.45, 2.75) is 13.8 Å². The molecule has 2 aromatic rings. The zero-order valence-electron chi connectivity index (χ0n) is 15.4. The highest BCUT2D eigenvalue weighted by Crippen LogP contribution is 2.16. The maximum absolute atomic E-state index is 12.6. The maximum atomic E-state index is 12.6. The second kappa shape index (κ2) is 8.59. The zero-order valence-corrected chi connectivity index (χ0v) is 15.4. The number of nitrogens with zero attached hydrogens (tertiary/aromatic N) is 3. The molecule has 0 bridgehead atoms. The van der Waals surface area contributed by atoms with Crippen molar-refractivity contribution in [2.75, 3.05) is 38.2 Å². The lowest BCUT2D eigenvalue weighted by molar-refractivity contribution is 0.0299. The summed E-state index contributed by atoms with van der Waals surface area (Å²) in [4.78, 5) is 34.8. The standard InChI is InChI=1S/C19H22N4O4/c1-3-27-18(25)14-4-6-15(7-5-14)21-19-20-13(2)12-16(22-19)17(24)23-8-10-26-11-9-23/h4-7,12H,3,8-11H2,1-2H3,(H,20,21,22). The van der Waals surface area contributed by atoms with E-state index >= 15 is 0 Å². The molecule has 1 amide bonds. The van der Waals surface area contributed by atoms with Crippen molar-refractivity contribution < 1.29 is 19.1 Å². The summed E-state index contributed by atoms with van der Waals surface area (Å²) in [5.41, 5.74) is 2.21. The molecule has 27 heavy (non-hydrogen) atoms. The van der Waals surface area contributed by atoms with E-state index in [0.29, 0.717) is 61.5 Å². The Kier molecular flexibility index (Phi) is 5.97. The van der Waals surface area contributed by atoms with Gasteiger partial charge in [0.25, 0.3) is 5.91 Å². The number of hydrogen-bond acceptors (Lipinski definition) is 7. The van der Waals surface area contributed by atoms with Gasteiger partial charge < -0.3 is 19.7 Å². The number of amides is 1. The van der Waals surface area contributed by atoms with Crippen LogP contribution in [0.1, 0.15) is 33.5 Å². The molecule has 0 unspecified atom stereocenters. The highest BCUT2D eigenvalue weighted by Gasteiger charge is 2.20. The van der Waals surface area contributed by atoms with E-state index in [-0.39, 0.29) is 11.9 Å². The number of aromatic nitrogens is 2. The Hall–Kier alpha value is -3.00. The Morgan fingerprint density at radius 1 is 1.19 bits per heavy atom. The maximum Gasteiger partial charge on any atom is 0.338 e. The van der Waals surface area contributed by atoms with E-state index in [4.69, 9.17) is 9.47 Å². The fourth-order valence-corrected chi connectivity index (χ4v) is 2.70. The van der Waals surface area contributed by atoms with Crippen molar-refractivity contribution in [1.29, 1.82) is 0 Å². The van der Waals surface area contributed by atoms with E-state index in [1.54, 1.807) is 42.2 Å². The number of rotatable bonds is 5. The molecule has 0 aliphatic carbocycles. The summed E-state index contributed by atoms with van der Waals surface area (Å²) in [6, 6.07) is 8.47. The minimum Gasteiger partial charge on any atom is -0.462 e. The zero-order chi connectivity index (χ0) is 19.2. The first-order chi connectivity index (χ1) is 13.1. The van der Waals surface area contributed by atoms with Crippen molar-refractivity contribution in [1.82, 2.24) is 14.9 Å². The second-order valence-corrected chi connectivity index (χ2v) is 6.05. The predicted molar refractivity (Wildman–Crippen MR) is 99.2 cm³/mol. The molecule has 8 heteroatoms. The SMILES string of the molecule is CCOC(=O)c1ccc(Nc2nc(C)cc(C(=O)N3CCOCC3)n2)cc1.